The molecule has 0 amide bonds. The van der Waals surface area contributed by atoms with Crippen LogP contribution in [-0.2, 0) is 24.7 Å². The average molecular weight is 574 g/mol. The third-order valence-electron chi connectivity index (χ3n) is 6.93. The number of halogens is 2. The van der Waals surface area contributed by atoms with Crippen molar-refractivity contribution in [1.29, 1.82) is 0 Å². The van der Waals surface area contributed by atoms with Gasteiger partial charge in [-0.25, -0.2) is 0 Å². The van der Waals surface area contributed by atoms with Crippen LogP contribution in [0, 0.1) is 5.92 Å². The fraction of sp³-hybridized carbons (Fsp3) is 0.259. The number of hydrogen-bond donors (Lipinski definition) is 0. The van der Waals surface area contributed by atoms with Crippen molar-refractivity contribution >= 4 is 25.9 Å². The van der Waals surface area contributed by atoms with Crippen LogP contribution in [0.1, 0.15) is 35.0 Å². The van der Waals surface area contributed by atoms with Crippen LogP contribution in [0.4, 0.5) is 0 Å². The van der Waals surface area contributed by atoms with Crippen molar-refractivity contribution in [3.63, 3.8) is 0 Å². The minimum atomic E-state index is -1.08. The predicted molar refractivity (Wildman–Crippen MR) is 130 cm³/mol. The Morgan fingerprint density at radius 2 is 1.69 bits per heavy atom. The van der Waals surface area contributed by atoms with E-state index in [9.17, 15) is 0 Å². The van der Waals surface area contributed by atoms with Crippen LogP contribution in [0.5, 0.6) is 0 Å². The first kappa shape index (κ1) is 26.0. The molecule has 0 aromatic heterocycles. The second kappa shape index (κ2) is 9.96. The molecule has 2 aliphatic carbocycles. The van der Waals surface area contributed by atoms with E-state index in [4.69, 9.17) is 0 Å². The fourth-order valence-electron chi connectivity index (χ4n) is 5.31. The molecule has 163 valence electrons. The Hall–Kier alpha value is -0.570. The Labute approximate surface area is 225 Å². The SMILES string of the molecule is CC1=Cc2c(-c3ccccc3)cccc2[CH]1[Zr+2].CCC1=C2C3C(=CC=C3[Si]2(C)C)S1.[Cl-].[Cl-]. The van der Waals surface area contributed by atoms with Crippen LogP contribution in [0.3, 0.4) is 0 Å². The Morgan fingerprint density at radius 1 is 0.969 bits per heavy atom. The third kappa shape index (κ3) is 4.07. The molecule has 2 atom stereocenters. The zero-order valence-corrected chi connectivity index (χ0v) is 24.7. The zero-order chi connectivity index (χ0) is 21.0. The second-order valence-electron chi connectivity index (χ2n) is 9.04. The average Bonchev–Trinajstić information content (AvgIpc) is 3.38. The van der Waals surface area contributed by atoms with E-state index in [2.05, 4.69) is 105 Å². The molecule has 2 aromatic carbocycles. The van der Waals surface area contributed by atoms with Gasteiger partial charge in [0.1, 0.15) is 8.07 Å². The molecule has 0 radical (unpaired) electrons. The van der Waals surface area contributed by atoms with E-state index in [0.29, 0.717) is 3.63 Å². The summed E-state index contributed by atoms with van der Waals surface area (Å²) in [7, 11) is -1.08. The van der Waals surface area contributed by atoms with Crippen LogP contribution in [0.15, 0.2) is 86.5 Å². The van der Waals surface area contributed by atoms with Gasteiger partial charge in [0, 0.05) is 5.92 Å². The summed E-state index contributed by atoms with van der Waals surface area (Å²) in [5, 5.41) is 3.64. The minimum Gasteiger partial charge on any atom is -1.00 e. The Bertz CT molecular complexity index is 1160. The topological polar surface area (TPSA) is 0 Å². The molecule has 2 aliphatic heterocycles. The quantitative estimate of drug-likeness (QED) is 0.496. The normalized spacial score (nSPS) is 22.8. The number of rotatable bonds is 2. The molecule has 4 aliphatic rings. The monoisotopic (exact) mass is 571 g/mol. The maximum Gasteiger partial charge on any atom is 0.106 e. The van der Waals surface area contributed by atoms with Gasteiger partial charge in [0.2, 0.25) is 0 Å². The summed E-state index contributed by atoms with van der Waals surface area (Å²) in [5.74, 6) is 0.793. The predicted octanol–water partition coefficient (Wildman–Crippen LogP) is 2.00. The van der Waals surface area contributed by atoms with Crippen molar-refractivity contribution in [1.82, 2.24) is 0 Å². The molecule has 1 saturated heterocycles. The van der Waals surface area contributed by atoms with Gasteiger partial charge in [-0.2, -0.15) is 0 Å². The molecular formula is C27H27Cl2SSiZr. The smallest absolute Gasteiger partial charge is 0.106 e. The van der Waals surface area contributed by atoms with Gasteiger partial charge in [0.15, 0.2) is 0 Å². The van der Waals surface area contributed by atoms with Gasteiger partial charge in [-0.05, 0) is 16.2 Å². The molecule has 0 saturated carbocycles. The largest absolute Gasteiger partial charge is 1.00 e. The first-order chi connectivity index (χ1) is 14.4. The van der Waals surface area contributed by atoms with Gasteiger partial charge >= 0.3 is 118 Å². The second-order valence-corrected chi connectivity index (χ2v) is 16.0. The van der Waals surface area contributed by atoms with Crippen molar-refractivity contribution in [3.05, 3.63) is 97.6 Å². The fourth-order valence-corrected chi connectivity index (χ4v) is 11.9. The van der Waals surface area contributed by atoms with E-state index in [1.807, 2.05) is 5.20 Å². The molecule has 6 rings (SSSR count). The van der Waals surface area contributed by atoms with Gasteiger partial charge in [-0.1, -0.05) is 54.3 Å². The van der Waals surface area contributed by atoms with Crippen molar-refractivity contribution in [2.45, 2.75) is 37.0 Å². The molecule has 32 heavy (non-hydrogen) atoms. The van der Waals surface area contributed by atoms with Crippen LogP contribution in [0.25, 0.3) is 17.2 Å². The molecule has 2 aromatic rings. The number of fused-ring (bicyclic) bond motifs is 1. The van der Waals surface area contributed by atoms with Crippen molar-refractivity contribution in [2.75, 3.05) is 0 Å². The third-order valence-corrected chi connectivity index (χ3v) is 14.2. The molecule has 5 heteroatoms. The summed E-state index contributed by atoms with van der Waals surface area (Å²) in [5.41, 5.74) is 7.12. The molecule has 0 bridgehead atoms. The first-order valence-corrected chi connectivity index (χ1v) is 16.1. The summed E-state index contributed by atoms with van der Waals surface area (Å²) >= 11 is 3.64. The van der Waals surface area contributed by atoms with E-state index in [0.717, 1.165) is 5.92 Å². The number of benzene rings is 2. The van der Waals surface area contributed by atoms with Gasteiger partial charge in [-0.15, -0.1) is 0 Å². The Balaban J connectivity index is 0.000000175. The van der Waals surface area contributed by atoms with Crippen LogP contribution in [-0.4, -0.2) is 8.07 Å². The van der Waals surface area contributed by atoms with E-state index in [1.165, 1.54) is 34.2 Å². The van der Waals surface area contributed by atoms with Gasteiger partial charge in [-0.3, -0.25) is 0 Å². The van der Waals surface area contributed by atoms with Crippen molar-refractivity contribution < 1.29 is 49.5 Å². The maximum absolute atomic E-state index is 2.50. The number of thioether (sulfide) groups is 1. The van der Waals surface area contributed by atoms with Crippen LogP contribution >= 0.6 is 11.8 Å². The van der Waals surface area contributed by atoms with E-state index >= 15 is 0 Å². The van der Waals surface area contributed by atoms with Crippen LogP contribution < -0.4 is 24.8 Å². The molecule has 2 heterocycles. The molecule has 0 spiro atoms. The Kier molecular flexibility index (Phi) is 8.11. The van der Waals surface area contributed by atoms with Gasteiger partial charge < -0.3 is 24.8 Å². The number of hydrogen-bond acceptors (Lipinski definition) is 1. The van der Waals surface area contributed by atoms with Gasteiger partial charge in [0.05, 0.1) is 0 Å². The summed E-state index contributed by atoms with van der Waals surface area (Å²) < 4.78 is 0.654. The first-order valence-electron chi connectivity index (χ1n) is 10.8. The Morgan fingerprint density at radius 3 is 2.38 bits per heavy atom. The molecule has 1 fully saturated rings. The summed E-state index contributed by atoms with van der Waals surface area (Å²) in [4.78, 5) is 3.32. The van der Waals surface area contributed by atoms with Gasteiger partial charge in [0.25, 0.3) is 0 Å². The summed E-state index contributed by atoms with van der Waals surface area (Å²) in [6.45, 7) is 9.54. The summed E-state index contributed by atoms with van der Waals surface area (Å²) in [6.07, 6.45) is 8.36. The van der Waals surface area contributed by atoms with Crippen LogP contribution in [0.2, 0.25) is 13.1 Å². The standard InChI is InChI=1S/C16H13.C11H14SSi.2ClH.Zr/c1-12-10-14-8-5-9-15(16(14)11-12)13-6-3-2-4-7-13;1-4-7-11-10-8(12-7)5-6-9(10)13(11,2)3;;;/h2-11H,1H3;5-6,10H,4H2,1-3H3;2*1H;/q;;;;+2/p-2. The van der Waals surface area contributed by atoms with Crippen molar-refractivity contribution in [3.8, 4) is 11.1 Å². The van der Waals surface area contributed by atoms with E-state index in [1.54, 1.807) is 39.7 Å². The van der Waals surface area contributed by atoms with Crippen molar-refractivity contribution in [2.24, 2.45) is 5.92 Å². The maximum atomic E-state index is 2.50. The molecular weight excluding hydrogens is 547 g/mol. The number of allylic oxidation sites excluding steroid dienone is 7. The molecule has 0 N–H and O–H groups in total. The van der Waals surface area contributed by atoms with E-state index < -0.39 is 8.07 Å². The zero-order valence-electron chi connectivity index (χ0n) is 18.9. The minimum absolute atomic E-state index is 0. The molecule has 0 nitrogen and oxygen atoms in total. The molecule has 2 unspecified atom stereocenters. The van der Waals surface area contributed by atoms with E-state index in [-0.39, 0.29) is 24.8 Å². The summed E-state index contributed by atoms with van der Waals surface area (Å²) in [6, 6.07) is 17.3.